The van der Waals surface area contributed by atoms with E-state index in [1.807, 2.05) is 30.3 Å². The number of guanidine groups is 1. The minimum atomic E-state index is -0.952. The first-order valence-corrected chi connectivity index (χ1v) is 10.3. The van der Waals surface area contributed by atoms with Gasteiger partial charge in [0.05, 0.1) is 21.3 Å². The maximum Gasteiger partial charge on any atom is 0.203 e. The second-order valence-electron chi connectivity index (χ2n) is 5.81. The first-order chi connectivity index (χ1) is 13.6. The smallest absolute Gasteiger partial charge is 0.203 e. The summed E-state index contributed by atoms with van der Waals surface area (Å²) < 4.78 is 28.3. The van der Waals surface area contributed by atoms with Gasteiger partial charge < -0.3 is 24.8 Å². The number of hydrogen-bond acceptors (Lipinski definition) is 5. The zero-order chi connectivity index (χ0) is 20.4. The topological polar surface area (TPSA) is 81.2 Å². The maximum absolute atomic E-state index is 12.2. The van der Waals surface area contributed by atoms with Crippen molar-refractivity contribution in [3.05, 3.63) is 48.0 Å². The second kappa shape index (κ2) is 13.3. The fourth-order valence-corrected chi connectivity index (χ4v) is 3.62. The number of benzene rings is 2. The zero-order valence-electron chi connectivity index (χ0n) is 17.1. The molecule has 2 aromatic carbocycles. The molecular formula is C20H28IN3O4S. The number of aliphatic imine (C=N–C) groups is 1. The van der Waals surface area contributed by atoms with Crippen molar-refractivity contribution in [3.63, 3.8) is 0 Å². The largest absolute Gasteiger partial charge is 0.493 e. The third kappa shape index (κ3) is 7.73. The van der Waals surface area contributed by atoms with Gasteiger partial charge in [0.15, 0.2) is 17.5 Å². The number of halogens is 1. The lowest BCUT2D eigenvalue weighted by atomic mass is 10.2. The van der Waals surface area contributed by atoms with Gasteiger partial charge in [-0.25, -0.2) is 0 Å². The highest BCUT2D eigenvalue weighted by atomic mass is 127. The molecule has 2 aromatic rings. The Labute approximate surface area is 191 Å². The van der Waals surface area contributed by atoms with E-state index in [2.05, 4.69) is 15.6 Å². The lowest BCUT2D eigenvalue weighted by Crippen LogP contribution is -2.33. The van der Waals surface area contributed by atoms with E-state index < -0.39 is 10.8 Å². The van der Waals surface area contributed by atoms with Crippen molar-refractivity contribution in [2.24, 2.45) is 4.99 Å². The third-order valence-electron chi connectivity index (χ3n) is 3.94. The molecule has 0 fully saturated rings. The minimum Gasteiger partial charge on any atom is -0.493 e. The van der Waals surface area contributed by atoms with Crippen molar-refractivity contribution in [1.29, 1.82) is 0 Å². The number of methoxy groups -OCH3 is 3. The highest BCUT2D eigenvalue weighted by Crippen LogP contribution is 2.39. The Morgan fingerprint density at radius 2 is 1.66 bits per heavy atom. The van der Waals surface area contributed by atoms with Crippen LogP contribution in [0.1, 0.15) is 5.56 Å². The predicted octanol–water partition coefficient (Wildman–Crippen LogP) is 3.27. The summed E-state index contributed by atoms with van der Waals surface area (Å²) >= 11 is 0. The van der Waals surface area contributed by atoms with Gasteiger partial charge in [-0.3, -0.25) is 9.20 Å². The molecule has 0 spiro atoms. The second-order valence-corrected chi connectivity index (χ2v) is 7.39. The summed E-state index contributed by atoms with van der Waals surface area (Å²) in [4.78, 5) is 4.20. The quantitative estimate of drug-likeness (QED) is 0.293. The molecule has 0 bridgehead atoms. The first kappa shape index (κ1) is 25.0. The number of nitrogens with zero attached hydrogens (tertiary/aromatic N) is 1. The molecule has 0 aromatic heterocycles. The molecule has 7 nitrogen and oxygen atoms in total. The lowest BCUT2D eigenvalue weighted by molar-refractivity contribution is 0.324. The van der Waals surface area contributed by atoms with Crippen LogP contribution in [0.4, 0.5) is 5.69 Å². The molecular weight excluding hydrogens is 505 g/mol. The Balaban J connectivity index is 0.00000420. The van der Waals surface area contributed by atoms with Gasteiger partial charge in [0.25, 0.3) is 0 Å². The summed E-state index contributed by atoms with van der Waals surface area (Å²) in [6, 6.07) is 13.4. The Kier molecular flexibility index (Phi) is 11.4. The van der Waals surface area contributed by atoms with E-state index in [1.54, 1.807) is 40.5 Å². The Morgan fingerprint density at radius 3 is 2.17 bits per heavy atom. The Hall–Kier alpha value is -2.01. The number of anilines is 1. The molecule has 2 N–H and O–H groups in total. The van der Waals surface area contributed by atoms with Gasteiger partial charge in [0.1, 0.15) is 0 Å². The van der Waals surface area contributed by atoms with E-state index in [0.717, 1.165) is 11.3 Å². The zero-order valence-corrected chi connectivity index (χ0v) is 20.2. The Morgan fingerprint density at radius 1 is 1.03 bits per heavy atom. The molecule has 29 heavy (non-hydrogen) atoms. The van der Waals surface area contributed by atoms with Gasteiger partial charge in [0, 0.05) is 53.7 Å². The molecule has 0 heterocycles. The van der Waals surface area contributed by atoms with Gasteiger partial charge in [-0.2, -0.15) is 0 Å². The summed E-state index contributed by atoms with van der Waals surface area (Å²) in [6.45, 7) is 0.531. The van der Waals surface area contributed by atoms with Crippen molar-refractivity contribution < 1.29 is 18.4 Å². The Bertz CT molecular complexity index is 794. The first-order valence-electron chi connectivity index (χ1n) is 8.77. The van der Waals surface area contributed by atoms with Crippen LogP contribution < -0.4 is 24.8 Å². The summed E-state index contributed by atoms with van der Waals surface area (Å²) in [6.07, 6.45) is 0. The number of nitrogens with one attached hydrogen (secondary N) is 2. The van der Waals surface area contributed by atoms with Crippen LogP contribution in [0.15, 0.2) is 47.5 Å². The van der Waals surface area contributed by atoms with E-state index in [1.165, 1.54) is 0 Å². The van der Waals surface area contributed by atoms with Crippen LogP contribution in [0.25, 0.3) is 0 Å². The molecule has 0 saturated heterocycles. The van der Waals surface area contributed by atoms with Crippen LogP contribution in [-0.4, -0.2) is 50.8 Å². The standard InChI is InChI=1S/C20H27N3O4S.HI/c1-21-20(22-10-11-28(24)14-15-8-6-5-7-9-15)23-16-12-17(25-2)19(27-4)18(13-16)26-3;/h5-9,12-13H,10-11,14H2,1-4H3,(H2,21,22,23);1H. The fraction of sp³-hybridized carbons (Fsp3) is 0.350. The van der Waals surface area contributed by atoms with Crippen molar-refractivity contribution >= 4 is 46.4 Å². The predicted molar refractivity (Wildman–Crippen MR) is 130 cm³/mol. The third-order valence-corrected chi connectivity index (χ3v) is 5.26. The number of hydrogen-bond donors (Lipinski definition) is 2. The van der Waals surface area contributed by atoms with Crippen LogP contribution in [-0.2, 0) is 16.6 Å². The molecule has 1 unspecified atom stereocenters. The van der Waals surface area contributed by atoms with Crippen molar-refractivity contribution in [3.8, 4) is 17.2 Å². The molecule has 160 valence electrons. The van der Waals surface area contributed by atoms with E-state index in [0.29, 0.717) is 41.3 Å². The highest BCUT2D eigenvalue weighted by molar-refractivity contribution is 14.0. The summed E-state index contributed by atoms with van der Waals surface area (Å²) in [5.41, 5.74) is 1.80. The van der Waals surface area contributed by atoms with Gasteiger partial charge >= 0.3 is 0 Å². The molecule has 0 amide bonds. The normalized spacial score (nSPS) is 11.8. The molecule has 2 rings (SSSR count). The summed E-state index contributed by atoms with van der Waals surface area (Å²) in [5.74, 6) is 3.24. The SMILES string of the molecule is CN=C(NCCS(=O)Cc1ccccc1)Nc1cc(OC)c(OC)c(OC)c1.I. The molecule has 0 aliphatic heterocycles. The lowest BCUT2D eigenvalue weighted by Gasteiger charge is -2.16. The van der Waals surface area contributed by atoms with Crippen molar-refractivity contribution in [2.45, 2.75) is 5.75 Å². The van der Waals surface area contributed by atoms with Crippen LogP contribution in [0.3, 0.4) is 0 Å². The minimum absolute atomic E-state index is 0. The van der Waals surface area contributed by atoms with E-state index in [9.17, 15) is 4.21 Å². The van der Waals surface area contributed by atoms with Crippen LogP contribution in [0.5, 0.6) is 17.2 Å². The van der Waals surface area contributed by atoms with E-state index >= 15 is 0 Å². The van der Waals surface area contributed by atoms with Crippen LogP contribution >= 0.6 is 24.0 Å². The number of ether oxygens (including phenoxy) is 3. The van der Waals surface area contributed by atoms with E-state index in [-0.39, 0.29) is 24.0 Å². The van der Waals surface area contributed by atoms with Gasteiger partial charge in [-0.1, -0.05) is 30.3 Å². The summed E-state index contributed by atoms with van der Waals surface area (Å²) in [7, 11) is 5.41. The molecule has 0 saturated carbocycles. The summed E-state index contributed by atoms with van der Waals surface area (Å²) in [5, 5.41) is 6.35. The monoisotopic (exact) mass is 533 g/mol. The van der Waals surface area contributed by atoms with Crippen molar-refractivity contribution in [1.82, 2.24) is 5.32 Å². The molecule has 9 heteroatoms. The van der Waals surface area contributed by atoms with Crippen molar-refractivity contribution in [2.75, 3.05) is 46.0 Å². The highest BCUT2D eigenvalue weighted by Gasteiger charge is 2.14. The molecule has 0 aliphatic carbocycles. The van der Waals surface area contributed by atoms with Gasteiger partial charge in [0.2, 0.25) is 5.75 Å². The molecule has 1 atom stereocenters. The maximum atomic E-state index is 12.2. The molecule has 0 aliphatic rings. The van der Waals surface area contributed by atoms with Gasteiger partial charge in [-0.15, -0.1) is 24.0 Å². The average molecular weight is 533 g/mol. The van der Waals surface area contributed by atoms with Crippen LogP contribution in [0.2, 0.25) is 0 Å². The fourth-order valence-electron chi connectivity index (χ4n) is 2.58. The van der Waals surface area contributed by atoms with Gasteiger partial charge in [-0.05, 0) is 5.56 Å². The number of rotatable bonds is 9. The van der Waals surface area contributed by atoms with E-state index in [4.69, 9.17) is 14.2 Å². The van der Waals surface area contributed by atoms with Crippen LogP contribution in [0, 0.1) is 0 Å². The molecule has 0 radical (unpaired) electrons. The average Bonchev–Trinajstić information content (AvgIpc) is 2.72.